The van der Waals surface area contributed by atoms with E-state index in [-0.39, 0.29) is 11.5 Å². The number of carbonyl (C=O) groups excluding carboxylic acids is 1. The van der Waals surface area contributed by atoms with Crippen molar-refractivity contribution >= 4 is 11.5 Å². The Morgan fingerprint density at radius 3 is 2.81 bits per heavy atom. The summed E-state index contributed by atoms with van der Waals surface area (Å²) in [7, 11) is 1.53. The molecule has 4 heteroatoms. The molecule has 0 bridgehead atoms. The van der Waals surface area contributed by atoms with Crippen LogP contribution in [0.25, 0.3) is 0 Å². The summed E-state index contributed by atoms with van der Waals surface area (Å²) >= 11 is 0. The summed E-state index contributed by atoms with van der Waals surface area (Å²) in [6, 6.07) is 8.19. The van der Waals surface area contributed by atoms with Crippen molar-refractivity contribution in [2.45, 2.75) is 0 Å². The lowest BCUT2D eigenvalue weighted by molar-refractivity contribution is 0.101. The standard InChI is InChI=1S/C12H11NO3/c1-15-8-4-5-10(13)9(7-8)12(14)11-3-2-6-16-11/h2-7H,13H2,1H3. The van der Waals surface area contributed by atoms with Crippen molar-refractivity contribution in [2.24, 2.45) is 0 Å². The highest BCUT2D eigenvalue weighted by Crippen LogP contribution is 2.22. The van der Waals surface area contributed by atoms with E-state index in [1.54, 1.807) is 30.3 Å². The summed E-state index contributed by atoms with van der Waals surface area (Å²) in [5, 5.41) is 0. The third-order valence-corrected chi connectivity index (χ3v) is 2.25. The van der Waals surface area contributed by atoms with Crippen LogP contribution in [0.5, 0.6) is 5.75 Å². The average Bonchev–Trinajstić information content (AvgIpc) is 2.82. The number of hydrogen-bond acceptors (Lipinski definition) is 4. The van der Waals surface area contributed by atoms with Gasteiger partial charge in [-0.25, -0.2) is 0 Å². The van der Waals surface area contributed by atoms with Crippen molar-refractivity contribution in [1.29, 1.82) is 0 Å². The predicted octanol–water partition coefficient (Wildman–Crippen LogP) is 2.10. The summed E-state index contributed by atoms with van der Waals surface area (Å²) in [4.78, 5) is 12.0. The van der Waals surface area contributed by atoms with E-state index < -0.39 is 0 Å². The van der Waals surface area contributed by atoms with Crippen LogP contribution < -0.4 is 10.5 Å². The van der Waals surface area contributed by atoms with Crippen molar-refractivity contribution in [3.63, 3.8) is 0 Å². The smallest absolute Gasteiger partial charge is 0.230 e. The molecule has 2 rings (SSSR count). The Morgan fingerprint density at radius 1 is 1.38 bits per heavy atom. The monoisotopic (exact) mass is 217 g/mol. The quantitative estimate of drug-likeness (QED) is 0.631. The van der Waals surface area contributed by atoms with Crippen LogP contribution in [-0.2, 0) is 0 Å². The molecule has 16 heavy (non-hydrogen) atoms. The maximum absolute atomic E-state index is 12.0. The number of rotatable bonds is 3. The summed E-state index contributed by atoms with van der Waals surface area (Å²) < 4.78 is 10.1. The molecule has 0 aliphatic heterocycles. The number of hydrogen-bond donors (Lipinski definition) is 1. The van der Waals surface area contributed by atoms with Crippen molar-refractivity contribution in [3.05, 3.63) is 47.9 Å². The van der Waals surface area contributed by atoms with Gasteiger partial charge in [0, 0.05) is 5.69 Å². The van der Waals surface area contributed by atoms with E-state index in [9.17, 15) is 4.79 Å². The third-order valence-electron chi connectivity index (χ3n) is 2.25. The topological polar surface area (TPSA) is 65.5 Å². The van der Waals surface area contributed by atoms with E-state index >= 15 is 0 Å². The Bertz CT molecular complexity index is 503. The highest BCUT2D eigenvalue weighted by molar-refractivity contribution is 6.10. The van der Waals surface area contributed by atoms with Crippen molar-refractivity contribution < 1.29 is 13.9 Å². The number of carbonyl (C=O) groups is 1. The number of ether oxygens (including phenoxy) is 1. The van der Waals surface area contributed by atoms with E-state index in [1.165, 1.54) is 13.4 Å². The number of nitrogens with two attached hydrogens (primary N) is 1. The van der Waals surface area contributed by atoms with Crippen LogP contribution in [0.4, 0.5) is 5.69 Å². The molecule has 2 N–H and O–H groups in total. The molecule has 0 aliphatic rings. The van der Waals surface area contributed by atoms with Gasteiger partial charge in [-0.05, 0) is 30.3 Å². The van der Waals surface area contributed by atoms with Gasteiger partial charge in [-0.15, -0.1) is 0 Å². The first kappa shape index (κ1) is 10.3. The molecular formula is C12H11NO3. The van der Waals surface area contributed by atoms with E-state index in [0.29, 0.717) is 17.0 Å². The highest BCUT2D eigenvalue weighted by Gasteiger charge is 2.15. The second-order valence-corrected chi connectivity index (χ2v) is 3.26. The molecule has 0 fully saturated rings. The average molecular weight is 217 g/mol. The molecule has 0 saturated heterocycles. The molecule has 0 radical (unpaired) electrons. The number of anilines is 1. The van der Waals surface area contributed by atoms with Crippen LogP contribution in [-0.4, -0.2) is 12.9 Å². The van der Waals surface area contributed by atoms with Crippen LogP contribution >= 0.6 is 0 Å². The molecular weight excluding hydrogens is 206 g/mol. The second kappa shape index (κ2) is 4.10. The van der Waals surface area contributed by atoms with Gasteiger partial charge >= 0.3 is 0 Å². The van der Waals surface area contributed by atoms with Gasteiger partial charge in [-0.2, -0.15) is 0 Å². The van der Waals surface area contributed by atoms with E-state index in [2.05, 4.69) is 0 Å². The summed E-state index contributed by atoms with van der Waals surface area (Å²) in [5.41, 5.74) is 6.52. The van der Waals surface area contributed by atoms with Gasteiger partial charge in [-0.1, -0.05) is 0 Å². The van der Waals surface area contributed by atoms with Crippen LogP contribution in [0.3, 0.4) is 0 Å². The number of ketones is 1. The molecule has 2 aromatic rings. The molecule has 1 heterocycles. The molecule has 0 amide bonds. The fourth-order valence-corrected chi connectivity index (χ4v) is 1.40. The number of nitrogen functional groups attached to an aromatic ring is 1. The Hall–Kier alpha value is -2.23. The third kappa shape index (κ3) is 1.77. The molecule has 0 saturated carbocycles. The predicted molar refractivity (Wildman–Crippen MR) is 59.5 cm³/mol. The minimum atomic E-state index is -0.249. The van der Waals surface area contributed by atoms with E-state index in [0.717, 1.165) is 0 Å². The molecule has 0 atom stereocenters. The minimum absolute atomic E-state index is 0.249. The van der Waals surface area contributed by atoms with Gasteiger partial charge in [0.2, 0.25) is 5.78 Å². The fraction of sp³-hybridized carbons (Fsp3) is 0.0833. The van der Waals surface area contributed by atoms with Gasteiger partial charge in [0.15, 0.2) is 5.76 Å². The zero-order chi connectivity index (χ0) is 11.5. The van der Waals surface area contributed by atoms with Gasteiger partial charge in [-0.3, -0.25) is 4.79 Å². The van der Waals surface area contributed by atoms with Gasteiger partial charge < -0.3 is 14.9 Å². The number of benzene rings is 1. The Labute approximate surface area is 92.6 Å². The van der Waals surface area contributed by atoms with Crippen molar-refractivity contribution in [1.82, 2.24) is 0 Å². The van der Waals surface area contributed by atoms with Gasteiger partial charge in [0.25, 0.3) is 0 Å². The normalized spacial score (nSPS) is 10.1. The maximum atomic E-state index is 12.0. The lowest BCUT2D eigenvalue weighted by Crippen LogP contribution is -2.04. The zero-order valence-electron chi connectivity index (χ0n) is 8.77. The maximum Gasteiger partial charge on any atom is 0.230 e. The van der Waals surface area contributed by atoms with Crippen molar-refractivity contribution in [2.75, 3.05) is 12.8 Å². The molecule has 1 aromatic carbocycles. The lowest BCUT2D eigenvalue weighted by atomic mass is 10.1. The summed E-state index contributed by atoms with van der Waals surface area (Å²) in [6.45, 7) is 0. The fourth-order valence-electron chi connectivity index (χ4n) is 1.40. The zero-order valence-corrected chi connectivity index (χ0v) is 8.77. The molecule has 0 spiro atoms. The first-order valence-corrected chi connectivity index (χ1v) is 4.74. The first-order chi connectivity index (χ1) is 7.72. The van der Waals surface area contributed by atoms with E-state index in [1.807, 2.05) is 0 Å². The van der Waals surface area contributed by atoms with Crippen molar-refractivity contribution in [3.8, 4) is 5.75 Å². The summed E-state index contributed by atoms with van der Waals surface area (Å²) in [5.74, 6) is 0.602. The van der Waals surface area contributed by atoms with E-state index in [4.69, 9.17) is 14.9 Å². The van der Waals surface area contributed by atoms with Crippen LogP contribution in [0.15, 0.2) is 41.0 Å². The minimum Gasteiger partial charge on any atom is -0.497 e. The Kier molecular flexibility index (Phi) is 2.64. The molecule has 82 valence electrons. The molecule has 4 nitrogen and oxygen atoms in total. The van der Waals surface area contributed by atoms with Crippen LogP contribution in [0, 0.1) is 0 Å². The van der Waals surface area contributed by atoms with Gasteiger partial charge in [0.05, 0.1) is 18.9 Å². The van der Waals surface area contributed by atoms with Gasteiger partial charge in [0.1, 0.15) is 5.75 Å². The SMILES string of the molecule is COc1ccc(N)c(C(=O)c2ccco2)c1. The lowest BCUT2D eigenvalue weighted by Gasteiger charge is -2.05. The molecule has 0 unspecified atom stereocenters. The Balaban J connectivity index is 2.43. The molecule has 1 aromatic heterocycles. The first-order valence-electron chi connectivity index (χ1n) is 4.74. The number of furan rings is 1. The molecule has 0 aliphatic carbocycles. The second-order valence-electron chi connectivity index (χ2n) is 3.26. The highest BCUT2D eigenvalue weighted by atomic mass is 16.5. The van der Waals surface area contributed by atoms with Crippen LogP contribution in [0.2, 0.25) is 0 Å². The Morgan fingerprint density at radius 2 is 2.19 bits per heavy atom. The summed E-state index contributed by atoms with van der Waals surface area (Å²) in [6.07, 6.45) is 1.45. The van der Waals surface area contributed by atoms with Crippen LogP contribution in [0.1, 0.15) is 16.1 Å². The largest absolute Gasteiger partial charge is 0.497 e. The number of methoxy groups -OCH3 is 1.